The van der Waals surface area contributed by atoms with Crippen molar-refractivity contribution in [1.82, 2.24) is 86.7 Å². The third kappa shape index (κ3) is 23.3. The second-order valence-corrected chi connectivity index (χ2v) is 21.0. The summed E-state index contributed by atoms with van der Waals surface area (Å²) in [5.74, 6) is -5.56. The van der Waals surface area contributed by atoms with Crippen molar-refractivity contribution in [3.8, 4) is 0 Å². The maximum atomic E-state index is 12.5. The van der Waals surface area contributed by atoms with Crippen LogP contribution in [0, 0.1) is 11.8 Å². The molecule has 1 unspecified atom stereocenters. The van der Waals surface area contributed by atoms with Crippen LogP contribution in [-0.4, -0.2) is 161 Å². The van der Waals surface area contributed by atoms with Gasteiger partial charge in [-0.2, -0.15) is 0 Å². The Morgan fingerprint density at radius 3 is 1.24 bits per heavy atom. The van der Waals surface area contributed by atoms with Gasteiger partial charge in [0.2, 0.25) is 0 Å². The van der Waals surface area contributed by atoms with Gasteiger partial charge in [-0.05, 0) is 59.7 Å². The summed E-state index contributed by atoms with van der Waals surface area (Å²) in [4.78, 5) is 161. The molecule has 0 aliphatic heterocycles. The van der Waals surface area contributed by atoms with Gasteiger partial charge in [0.1, 0.15) is 34.9 Å². The summed E-state index contributed by atoms with van der Waals surface area (Å²) in [6.45, 7) is 7.15. The molecule has 29 heteroatoms. The molecule has 7 heterocycles. The number of aromatic amines is 1. The van der Waals surface area contributed by atoms with Crippen LogP contribution in [0.2, 0.25) is 0 Å². The number of rotatable bonds is 25. The zero-order chi connectivity index (χ0) is 67.8. The van der Waals surface area contributed by atoms with E-state index in [1.807, 2.05) is 82.3 Å². The molecule has 484 valence electrons. The summed E-state index contributed by atoms with van der Waals surface area (Å²) in [7, 11) is 0. The second kappa shape index (κ2) is 37.0. The molecule has 0 saturated carbocycles. The molecule has 0 aliphatic carbocycles. The number of pyridine rings is 2. The predicted octanol–water partition coefficient (Wildman–Crippen LogP) is 3.93. The van der Waals surface area contributed by atoms with E-state index in [-0.39, 0.29) is 83.9 Å². The van der Waals surface area contributed by atoms with Crippen molar-refractivity contribution in [3.05, 3.63) is 229 Å². The van der Waals surface area contributed by atoms with E-state index in [1.54, 1.807) is 30.5 Å². The minimum absolute atomic E-state index is 0.0812. The molecule has 0 saturated heterocycles. The summed E-state index contributed by atoms with van der Waals surface area (Å²) in [5, 5.41) is 34.9. The molecule has 9 aromatic rings. The fourth-order valence-electron chi connectivity index (χ4n) is 8.49. The molecule has 0 aliphatic rings. The van der Waals surface area contributed by atoms with Crippen LogP contribution in [0.5, 0.6) is 0 Å². The van der Waals surface area contributed by atoms with Gasteiger partial charge in [-0.1, -0.05) is 76.2 Å². The smallest absolute Gasteiger partial charge is 0.326 e. The first-order chi connectivity index (χ1) is 45.3. The van der Waals surface area contributed by atoms with Crippen LogP contribution in [0.25, 0.3) is 10.9 Å². The second-order valence-electron chi connectivity index (χ2n) is 21.0. The standard InChI is InChI=1S/C18H21N5O3.C17H19N5O3.C16H14N4O3.C14H13N3O3/c1-12(2)9-14(23-18(26)15-10-20-7-8-21-15)16(24)11-22-17(25)13-3-5-19-6-4-13;1-11(2)15(22-17(25)13-9-19-7-8-20-13)14(23)10-21-16(24)12-3-5-18-6-4-12;21-15(14-9-17-5-6-18-14)20-13(16(22)23)7-10-8-19-12-4-2-1-3-11(10)12;18-13(12-9-15-6-7-16-12)17-11(14(19)20)8-10-4-2-1-3-5-10/h3-8,10,12,14H,9,11H2,1-2H3,(H,22,25)(H,23,26);3-9,11,15H,10H2,1-2H3,(H,21,24)(H,22,25);1-6,8-9,13,19H,7H2,(H,20,21)(H,22,23);1-7,9,11H,8H2,(H,17,18)(H,19,20)/t14-;15-;13-;/m000./s1. The van der Waals surface area contributed by atoms with Gasteiger partial charge in [-0.25, -0.2) is 29.5 Å². The van der Waals surface area contributed by atoms with E-state index in [0.717, 1.165) is 22.0 Å². The van der Waals surface area contributed by atoms with Crippen LogP contribution >= 0.6 is 0 Å². The number of hydrogen-bond acceptors (Lipinski definition) is 20. The van der Waals surface area contributed by atoms with Gasteiger partial charge in [0, 0.05) is 115 Å². The number of H-pyrrole nitrogens is 1. The Kier molecular flexibility index (Phi) is 27.9. The van der Waals surface area contributed by atoms with Crippen molar-refractivity contribution in [2.75, 3.05) is 13.1 Å². The van der Waals surface area contributed by atoms with Gasteiger partial charge >= 0.3 is 11.9 Å². The lowest BCUT2D eigenvalue weighted by atomic mass is 9.99. The molecule has 0 bridgehead atoms. The number of hydrogen-bond donors (Lipinski definition) is 9. The summed E-state index contributed by atoms with van der Waals surface area (Å²) >= 11 is 0. The number of nitrogens with one attached hydrogen (secondary N) is 7. The maximum Gasteiger partial charge on any atom is 0.326 e. The summed E-state index contributed by atoms with van der Waals surface area (Å²) in [6.07, 6.45) is 25.2. The molecule has 29 nitrogen and oxygen atoms in total. The lowest BCUT2D eigenvalue weighted by Gasteiger charge is -2.21. The van der Waals surface area contributed by atoms with Crippen LogP contribution in [0.1, 0.15) is 108 Å². The largest absolute Gasteiger partial charge is 0.480 e. The zero-order valence-electron chi connectivity index (χ0n) is 51.3. The topological polar surface area (TPSA) is 428 Å². The van der Waals surface area contributed by atoms with Crippen LogP contribution < -0.4 is 31.9 Å². The number of carbonyl (C=O) groups is 10. The molecule has 94 heavy (non-hydrogen) atoms. The van der Waals surface area contributed by atoms with E-state index in [1.165, 1.54) is 99.1 Å². The van der Waals surface area contributed by atoms with E-state index >= 15 is 0 Å². The molecule has 4 atom stereocenters. The predicted molar refractivity (Wildman–Crippen MR) is 338 cm³/mol. The number of amides is 6. The first-order valence-electron chi connectivity index (χ1n) is 29.0. The van der Waals surface area contributed by atoms with Crippen molar-refractivity contribution >= 4 is 69.9 Å². The third-order valence-corrected chi connectivity index (χ3v) is 13.2. The first-order valence-corrected chi connectivity index (χ1v) is 29.0. The Morgan fingerprint density at radius 2 is 0.830 bits per heavy atom. The number of carboxylic acid groups (broad SMARTS) is 2. The van der Waals surface area contributed by atoms with Crippen LogP contribution in [0.4, 0.5) is 0 Å². The molecule has 0 fully saturated rings. The average Bonchev–Trinajstić information content (AvgIpc) is 1.76. The number of aliphatic carboxylic acids is 2. The number of Topliss-reactive ketones (excluding diaryl/α,β-unsaturated/α-hetero) is 2. The van der Waals surface area contributed by atoms with Crippen LogP contribution in [0.3, 0.4) is 0 Å². The SMILES string of the molecule is CC(C)C[C@H](NC(=O)c1cnccn1)C(=O)CNC(=O)c1ccncc1.CC(C)[C@H](NC(=O)c1cnccn1)C(=O)CNC(=O)c1ccncc1.O=C(NC(Cc1ccccc1)C(=O)O)c1cnccn1.O=C(N[C@@H](Cc1c[nH]c2ccccc12)C(=O)O)c1cnccn1. The molecule has 6 amide bonds. The molecular weight excluding hydrogens is 1210 g/mol. The van der Waals surface area contributed by atoms with Crippen molar-refractivity contribution in [2.24, 2.45) is 11.8 Å². The Balaban J connectivity index is 0.000000199. The van der Waals surface area contributed by atoms with Crippen molar-refractivity contribution in [1.29, 1.82) is 0 Å². The van der Waals surface area contributed by atoms with Crippen LogP contribution in [-0.2, 0) is 32.0 Å². The van der Waals surface area contributed by atoms with E-state index in [9.17, 15) is 58.2 Å². The number of para-hydroxylation sites is 1. The monoisotopic (exact) mass is 1280 g/mol. The van der Waals surface area contributed by atoms with Gasteiger partial charge in [-0.3, -0.25) is 68.3 Å². The average molecular weight is 1280 g/mol. The highest BCUT2D eigenvalue weighted by atomic mass is 16.4. The Bertz CT molecular complexity index is 3940. The summed E-state index contributed by atoms with van der Waals surface area (Å²) in [5.41, 5.74) is 3.84. The van der Waals surface area contributed by atoms with Crippen molar-refractivity contribution in [3.63, 3.8) is 0 Å². The number of carboxylic acids is 2. The van der Waals surface area contributed by atoms with Crippen LogP contribution in [0.15, 0.2) is 184 Å². The lowest BCUT2D eigenvalue weighted by Crippen LogP contribution is -2.48. The third-order valence-electron chi connectivity index (χ3n) is 13.2. The van der Waals surface area contributed by atoms with Gasteiger partial charge in [0.25, 0.3) is 35.4 Å². The maximum absolute atomic E-state index is 12.5. The first kappa shape index (κ1) is 70.8. The fourth-order valence-corrected chi connectivity index (χ4v) is 8.49. The highest BCUT2D eigenvalue weighted by molar-refractivity contribution is 6.01. The Labute approximate surface area is 538 Å². The number of aromatic nitrogens is 11. The summed E-state index contributed by atoms with van der Waals surface area (Å²) < 4.78 is 0. The normalized spacial score (nSPS) is 11.7. The van der Waals surface area contributed by atoms with Crippen molar-refractivity contribution in [2.45, 2.75) is 71.1 Å². The van der Waals surface area contributed by atoms with E-state index < -0.39 is 59.7 Å². The molecule has 9 rings (SSSR count). The molecular formula is C65H67N17O12. The van der Waals surface area contributed by atoms with E-state index in [4.69, 9.17) is 0 Å². The Hall–Kier alpha value is -12.3. The number of benzene rings is 2. The minimum atomic E-state index is -1.10. The van der Waals surface area contributed by atoms with Gasteiger partial charge in [0.05, 0.1) is 50.0 Å². The van der Waals surface area contributed by atoms with Gasteiger partial charge in [0.15, 0.2) is 11.6 Å². The van der Waals surface area contributed by atoms with Crippen molar-refractivity contribution < 1.29 is 58.2 Å². The summed E-state index contributed by atoms with van der Waals surface area (Å²) in [6, 6.07) is 19.4. The minimum Gasteiger partial charge on any atom is -0.480 e. The highest BCUT2D eigenvalue weighted by Gasteiger charge is 2.28. The van der Waals surface area contributed by atoms with Gasteiger partial charge in [-0.15, -0.1) is 0 Å². The molecule has 0 radical (unpaired) electrons. The number of ketones is 2. The number of carbonyl (C=O) groups excluding carboxylic acids is 8. The fraction of sp³-hybridized carbons (Fsp3) is 0.231. The van der Waals surface area contributed by atoms with Gasteiger partial charge < -0.3 is 47.1 Å². The lowest BCUT2D eigenvalue weighted by molar-refractivity contribution is -0.140. The highest BCUT2D eigenvalue weighted by Crippen LogP contribution is 2.19. The molecule has 7 aromatic heterocycles. The van der Waals surface area contributed by atoms with E-state index in [0.29, 0.717) is 17.5 Å². The number of fused-ring (bicyclic) bond motifs is 1. The number of nitrogens with zero attached hydrogens (tertiary/aromatic N) is 10. The molecule has 0 spiro atoms. The molecule has 9 N–H and O–H groups in total. The Morgan fingerprint density at radius 1 is 0.426 bits per heavy atom. The molecule has 2 aromatic carbocycles. The zero-order valence-corrected chi connectivity index (χ0v) is 51.3. The quantitative estimate of drug-likeness (QED) is 0.0391. The van der Waals surface area contributed by atoms with E-state index in [2.05, 4.69) is 86.7 Å².